The summed E-state index contributed by atoms with van der Waals surface area (Å²) in [6, 6.07) is 7.21. The zero-order valence-corrected chi connectivity index (χ0v) is 26.6. The highest BCUT2D eigenvalue weighted by Gasteiger charge is 2.39. The molecule has 5 amide bonds. The predicted octanol–water partition coefficient (Wildman–Crippen LogP) is -0.750. The molecule has 18 nitrogen and oxygen atoms in total. The Hall–Kier alpha value is -5.30. The molecule has 3 aromatic rings. The minimum Gasteiger partial charge on any atom is -0.461 e. The molecule has 4 heterocycles. The lowest BCUT2D eigenvalue weighted by atomic mass is 10.1. The fraction of sp³-hybridized carbons (Fsp3) is 0.414. The molecular weight excluding hydrogens is 652 g/mol. The number of nitrogens with two attached hydrogens (primary N) is 1. The number of nitrogens with one attached hydrogen (secondary N) is 2. The van der Waals surface area contributed by atoms with E-state index in [0.717, 1.165) is 27.8 Å². The minimum absolute atomic E-state index is 0.0180. The molecule has 2 aliphatic heterocycles. The molecule has 1 aromatic carbocycles. The number of hydroxylamine groups is 2. The van der Waals surface area contributed by atoms with Crippen molar-refractivity contribution < 1.29 is 43.1 Å². The fourth-order valence-electron chi connectivity index (χ4n) is 4.86. The van der Waals surface area contributed by atoms with E-state index in [1.165, 1.54) is 11.7 Å². The van der Waals surface area contributed by atoms with Crippen LogP contribution in [0.1, 0.15) is 36.8 Å². The van der Waals surface area contributed by atoms with Gasteiger partial charge in [-0.05, 0) is 11.1 Å². The number of rotatable bonds is 15. The first-order chi connectivity index (χ1) is 23.0. The second-order valence-corrected chi connectivity index (χ2v) is 11.9. The summed E-state index contributed by atoms with van der Waals surface area (Å²) >= 11 is 1.01. The highest BCUT2D eigenvalue weighted by molar-refractivity contribution is 8.01. The van der Waals surface area contributed by atoms with Crippen molar-refractivity contribution in [2.45, 2.75) is 44.0 Å². The smallest absolute Gasteiger partial charge is 0.335 e. The van der Waals surface area contributed by atoms with E-state index >= 15 is 0 Å². The lowest BCUT2D eigenvalue weighted by Crippen LogP contribution is -2.36. The number of amides is 5. The Labute approximate surface area is 276 Å². The Morgan fingerprint density at radius 1 is 1.02 bits per heavy atom. The molecule has 0 bridgehead atoms. The summed E-state index contributed by atoms with van der Waals surface area (Å²) in [5.41, 5.74) is 7.72. The highest BCUT2D eigenvalue weighted by atomic mass is 32.2. The molecule has 0 spiro atoms. The van der Waals surface area contributed by atoms with E-state index in [-0.39, 0.29) is 74.6 Å². The molecule has 2 aliphatic rings. The van der Waals surface area contributed by atoms with Crippen LogP contribution in [0.2, 0.25) is 0 Å². The van der Waals surface area contributed by atoms with Crippen molar-refractivity contribution in [3.8, 4) is 6.01 Å². The van der Waals surface area contributed by atoms with Crippen LogP contribution in [0.25, 0.3) is 11.2 Å². The van der Waals surface area contributed by atoms with Crippen LogP contribution < -0.4 is 21.5 Å². The van der Waals surface area contributed by atoms with Crippen LogP contribution in [0, 0.1) is 0 Å². The molecule has 0 aliphatic carbocycles. The molecule has 0 saturated carbocycles. The maximum absolute atomic E-state index is 12.7. The summed E-state index contributed by atoms with van der Waals surface area (Å²) in [7, 11) is 1.53. The number of aromatic nitrogens is 4. The first kappa shape index (κ1) is 34.0. The number of benzene rings is 1. The van der Waals surface area contributed by atoms with Gasteiger partial charge in [0.2, 0.25) is 17.7 Å². The third kappa shape index (κ3) is 7.97. The number of carbonyl (C=O) groups is 6. The van der Waals surface area contributed by atoms with Gasteiger partial charge in [-0.15, -0.1) is 16.8 Å². The lowest BCUT2D eigenvalue weighted by Gasteiger charge is -2.16. The van der Waals surface area contributed by atoms with Crippen LogP contribution in [0.3, 0.4) is 0 Å². The summed E-state index contributed by atoms with van der Waals surface area (Å²) in [5.74, 6) is -3.58. The number of imidazole rings is 1. The summed E-state index contributed by atoms with van der Waals surface area (Å²) in [4.78, 5) is 102. The van der Waals surface area contributed by atoms with E-state index in [0.29, 0.717) is 17.2 Å². The minimum atomic E-state index is -0.924. The second kappa shape index (κ2) is 15.1. The monoisotopic (exact) mass is 684 g/mol. The molecule has 2 fully saturated rings. The summed E-state index contributed by atoms with van der Waals surface area (Å²) in [6.07, 6.45) is -0.620. The van der Waals surface area contributed by atoms with Gasteiger partial charge in [0, 0.05) is 39.5 Å². The summed E-state index contributed by atoms with van der Waals surface area (Å²) in [5, 5.41) is 2.38. The SMILES string of the molecule is COCCOc1nc(N)c2[nH]c(=O)n(Cc3ccc(CNC(=O)CSC4CC(=O)N(CCC(=O)ON5C(=O)CCC5=O)C4=O)cc3)c2n1. The number of imide groups is 2. The van der Waals surface area contributed by atoms with E-state index in [4.69, 9.17) is 20.0 Å². The number of likely N-dealkylation sites (tertiary alicyclic amines) is 1. The van der Waals surface area contributed by atoms with Crippen molar-refractivity contribution in [2.24, 2.45) is 0 Å². The average molecular weight is 685 g/mol. The van der Waals surface area contributed by atoms with Crippen molar-refractivity contribution >= 4 is 64.2 Å². The number of nitrogens with zero attached hydrogens (tertiary/aromatic N) is 5. The van der Waals surface area contributed by atoms with Gasteiger partial charge in [0.05, 0.1) is 30.6 Å². The van der Waals surface area contributed by atoms with E-state index in [1.807, 2.05) is 0 Å². The fourth-order valence-corrected chi connectivity index (χ4v) is 5.84. The number of ether oxygens (including phenoxy) is 2. The van der Waals surface area contributed by atoms with Gasteiger partial charge in [-0.1, -0.05) is 24.3 Å². The first-order valence-corrected chi connectivity index (χ1v) is 15.8. The Morgan fingerprint density at radius 3 is 2.44 bits per heavy atom. The molecule has 2 aromatic heterocycles. The average Bonchev–Trinajstić information content (AvgIpc) is 3.65. The maximum Gasteiger partial charge on any atom is 0.335 e. The largest absolute Gasteiger partial charge is 0.461 e. The van der Waals surface area contributed by atoms with E-state index < -0.39 is 47.0 Å². The molecule has 19 heteroatoms. The molecule has 0 radical (unpaired) electrons. The number of hydrogen-bond acceptors (Lipinski definition) is 14. The van der Waals surface area contributed by atoms with Gasteiger partial charge in [-0.25, -0.2) is 9.59 Å². The van der Waals surface area contributed by atoms with Crippen LogP contribution in [0.5, 0.6) is 6.01 Å². The number of hydrogen-bond donors (Lipinski definition) is 3. The molecule has 254 valence electrons. The maximum atomic E-state index is 12.7. The number of anilines is 1. The molecule has 1 unspecified atom stereocenters. The Kier molecular flexibility index (Phi) is 10.7. The second-order valence-electron chi connectivity index (χ2n) is 10.7. The zero-order valence-electron chi connectivity index (χ0n) is 25.8. The Balaban J connectivity index is 1.07. The van der Waals surface area contributed by atoms with Crippen molar-refractivity contribution in [3.05, 3.63) is 45.9 Å². The van der Waals surface area contributed by atoms with Gasteiger partial charge < -0.3 is 30.3 Å². The van der Waals surface area contributed by atoms with Gasteiger partial charge in [-0.2, -0.15) is 9.97 Å². The lowest BCUT2D eigenvalue weighted by molar-refractivity contribution is -0.197. The highest BCUT2D eigenvalue weighted by Crippen LogP contribution is 2.25. The van der Waals surface area contributed by atoms with Crippen LogP contribution in [-0.4, -0.2) is 103 Å². The molecule has 5 rings (SSSR count). The van der Waals surface area contributed by atoms with E-state index in [1.54, 1.807) is 24.3 Å². The van der Waals surface area contributed by atoms with Crippen molar-refractivity contribution in [1.82, 2.24) is 34.8 Å². The molecule has 1 atom stereocenters. The van der Waals surface area contributed by atoms with Gasteiger partial charge in [0.1, 0.15) is 12.1 Å². The molecular formula is C29H32N8O10S. The van der Waals surface area contributed by atoms with Crippen LogP contribution in [0.15, 0.2) is 29.1 Å². The number of aromatic amines is 1. The predicted molar refractivity (Wildman–Crippen MR) is 167 cm³/mol. The number of fused-ring (bicyclic) bond motifs is 1. The quantitative estimate of drug-likeness (QED) is 0.132. The first-order valence-electron chi connectivity index (χ1n) is 14.8. The van der Waals surface area contributed by atoms with Crippen LogP contribution in [0.4, 0.5) is 5.82 Å². The van der Waals surface area contributed by atoms with Crippen molar-refractivity contribution in [3.63, 3.8) is 0 Å². The van der Waals surface area contributed by atoms with Crippen molar-refractivity contribution in [1.29, 1.82) is 0 Å². The molecule has 2 saturated heterocycles. The Morgan fingerprint density at radius 2 is 1.73 bits per heavy atom. The number of H-pyrrole nitrogens is 1. The summed E-state index contributed by atoms with van der Waals surface area (Å²) < 4.78 is 11.8. The van der Waals surface area contributed by atoms with Gasteiger partial charge in [0.15, 0.2) is 11.5 Å². The topological polar surface area (TPSA) is 238 Å². The standard InChI is InChI=1S/C29H32N8O10S/c1-45-10-11-46-28-33-25(30)24-26(34-28)36(29(44)32-24)14-17-4-2-16(3-5-17)13-31-19(38)15-48-18-12-22(41)35(27(18)43)9-8-23(42)47-37-20(39)6-7-21(37)40/h2-5,18H,6-15H2,1H3,(H,31,38)(H,32,44)(H2,30,33,34). The zero-order chi connectivity index (χ0) is 34.4. The van der Waals surface area contributed by atoms with Crippen LogP contribution in [-0.2, 0) is 51.4 Å². The van der Waals surface area contributed by atoms with Gasteiger partial charge in [-0.3, -0.25) is 33.4 Å². The number of methoxy groups -OCH3 is 1. The molecule has 48 heavy (non-hydrogen) atoms. The van der Waals surface area contributed by atoms with E-state index in [9.17, 15) is 33.6 Å². The van der Waals surface area contributed by atoms with Crippen LogP contribution >= 0.6 is 11.8 Å². The number of thioether (sulfide) groups is 1. The van der Waals surface area contributed by atoms with Gasteiger partial charge >= 0.3 is 17.7 Å². The normalized spacial score (nSPS) is 16.3. The molecule has 4 N–H and O–H groups in total. The summed E-state index contributed by atoms with van der Waals surface area (Å²) in [6.45, 7) is 0.643. The number of carbonyl (C=O) groups excluding carboxylic acids is 6. The van der Waals surface area contributed by atoms with Crippen molar-refractivity contribution in [2.75, 3.05) is 38.4 Å². The Bertz CT molecular complexity index is 1790. The number of nitrogen functional groups attached to an aromatic ring is 1. The third-order valence-corrected chi connectivity index (χ3v) is 8.56. The van der Waals surface area contributed by atoms with E-state index in [2.05, 4.69) is 20.3 Å². The third-order valence-electron chi connectivity index (χ3n) is 7.36. The van der Waals surface area contributed by atoms with Gasteiger partial charge in [0.25, 0.3) is 11.8 Å².